The SMILES string of the molecule is CC(C)NC(=O)[C@H]1Cc2ccccc2C(C)[C@H]1NC(=O)c1cc(C(F)(F)F)nn1-c1ncccc1Cl. The number of hydrogen-bond donors (Lipinski definition) is 2. The molecule has 1 unspecified atom stereocenters. The Balaban J connectivity index is 1.74. The smallest absolute Gasteiger partial charge is 0.354 e. The number of halogens is 4. The maximum Gasteiger partial charge on any atom is 0.435 e. The molecule has 3 atom stereocenters. The van der Waals surface area contributed by atoms with Gasteiger partial charge in [0, 0.05) is 30.3 Å². The fraction of sp³-hybridized carbons (Fsp3) is 0.360. The summed E-state index contributed by atoms with van der Waals surface area (Å²) < 4.78 is 41.4. The van der Waals surface area contributed by atoms with Gasteiger partial charge in [0.25, 0.3) is 5.91 Å². The third kappa shape index (κ3) is 5.09. The molecule has 36 heavy (non-hydrogen) atoms. The minimum absolute atomic E-state index is 0.0255. The van der Waals surface area contributed by atoms with E-state index >= 15 is 0 Å². The fourth-order valence-electron chi connectivity index (χ4n) is 4.54. The van der Waals surface area contributed by atoms with Gasteiger partial charge in [-0.05, 0) is 43.5 Å². The highest BCUT2D eigenvalue weighted by molar-refractivity contribution is 6.32. The number of carbonyl (C=O) groups is 2. The molecule has 1 aliphatic rings. The lowest BCUT2D eigenvalue weighted by Crippen LogP contribution is -2.53. The second-order valence-electron chi connectivity index (χ2n) is 9.09. The molecule has 0 aliphatic heterocycles. The normalized spacial score (nSPS) is 19.6. The molecule has 0 radical (unpaired) electrons. The predicted octanol–water partition coefficient (Wildman–Crippen LogP) is 4.54. The van der Waals surface area contributed by atoms with Crippen molar-refractivity contribution in [1.29, 1.82) is 0 Å². The molecule has 4 rings (SSSR count). The van der Waals surface area contributed by atoms with Gasteiger partial charge in [-0.3, -0.25) is 9.59 Å². The van der Waals surface area contributed by atoms with E-state index in [9.17, 15) is 22.8 Å². The van der Waals surface area contributed by atoms with Gasteiger partial charge in [0.2, 0.25) is 5.91 Å². The number of aromatic nitrogens is 3. The fourth-order valence-corrected chi connectivity index (χ4v) is 4.75. The molecule has 3 aromatic rings. The van der Waals surface area contributed by atoms with Crippen LogP contribution in [0.15, 0.2) is 48.7 Å². The van der Waals surface area contributed by atoms with E-state index in [1.165, 1.54) is 18.3 Å². The predicted molar refractivity (Wildman–Crippen MR) is 128 cm³/mol. The van der Waals surface area contributed by atoms with Crippen LogP contribution in [0.2, 0.25) is 5.02 Å². The van der Waals surface area contributed by atoms with Crippen LogP contribution in [0.25, 0.3) is 5.82 Å². The van der Waals surface area contributed by atoms with E-state index in [4.69, 9.17) is 11.6 Å². The van der Waals surface area contributed by atoms with Gasteiger partial charge in [-0.1, -0.05) is 42.8 Å². The summed E-state index contributed by atoms with van der Waals surface area (Å²) in [5, 5.41) is 9.32. The Hall–Kier alpha value is -3.40. The molecule has 1 aromatic carbocycles. The van der Waals surface area contributed by atoms with Crippen LogP contribution in [0, 0.1) is 5.92 Å². The van der Waals surface area contributed by atoms with Crippen molar-refractivity contribution in [2.24, 2.45) is 5.92 Å². The van der Waals surface area contributed by atoms with Gasteiger partial charge in [0.15, 0.2) is 11.5 Å². The Bertz CT molecular complexity index is 1290. The summed E-state index contributed by atoms with van der Waals surface area (Å²) >= 11 is 6.15. The van der Waals surface area contributed by atoms with E-state index in [-0.39, 0.29) is 28.7 Å². The topological polar surface area (TPSA) is 88.9 Å². The van der Waals surface area contributed by atoms with E-state index in [0.717, 1.165) is 15.8 Å². The maximum atomic E-state index is 13.5. The number of benzene rings is 1. The van der Waals surface area contributed by atoms with Crippen LogP contribution in [-0.2, 0) is 17.4 Å². The molecule has 1 aliphatic carbocycles. The summed E-state index contributed by atoms with van der Waals surface area (Å²) in [5.41, 5.74) is 0.306. The zero-order valence-corrected chi connectivity index (χ0v) is 20.6. The molecule has 2 heterocycles. The lowest BCUT2D eigenvalue weighted by Gasteiger charge is -2.38. The number of amides is 2. The number of nitrogens with zero attached hydrogens (tertiary/aromatic N) is 3. The van der Waals surface area contributed by atoms with Crippen molar-refractivity contribution in [3.8, 4) is 5.82 Å². The van der Waals surface area contributed by atoms with Gasteiger partial charge >= 0.3 is 6.18 Å². The number of carbonyl (C=O) groups excluding carboxylic acids is 2. The molecule has 11 heteroatoms. The molecule has 7 nitrogen and oxygen atoms in total. The number of rotatable bonds is 5. The third-order valence-electron chi connectivity index (χ3n) is 6.20. The van der Waals surface area contributed by atoms with Gasteiger partial charge in [0.1, 0.15) is 5.69 Å². The number of alkyl halides is 3. The first-order chi connectivity index (χ1) is 17.0. The Morgan fingerprint density at radius 1 is 1.17 bits per heavy atom. The first-order valence-electron chi connectivity index (χ1n) is 11.4. The first kappa shape index (κ1) is 25.7. The minimum atomic E-state index is -4.79. The Morgan fingerprint density at radius 2 is 1.89 bits per heavy atom. The largest absolute Gasteiger partial charge is 0.435 e. The summed E-state index contributed by atoms with van der Waals surface area (Å²) in [5.74, 6) is -2.08. The van der Waals surface area contributed by atoms with E-state index in [2.05, 4.69) is 20.7 Å². The van der Waals surface area contributed by atoms with Crippen LogP contribution >= 0.6 is 11.6 Å². The van der Waals surface area contributed by atoms with Gasteiger partial charge in [-0.25, -0.2) is 9.67 Å². The Labute approximate surface area is 211 Å². The van der Waals surface area contributed by atoms with Gasteiger partial charge in [-0.2, -0.15) is 18.3 Å². The summed E-state index contributed by atoms with van der Waals surface area (Å²) in [7, 11) is 0. The minimum Gasteiger partial charge on any atom is -0.354 e. The molecule has 2 aromatic heterocycles. The molecular formula is C25H25ClF3N5O2. The van der Waals surface area contributed by atoms with Crippen molar-refractivity contribution in [1.82, 2.24) is 25.4 Å². The second kappa shape index (κ2) is 9.93. The van der Waals surface area contributed by atoms with Crippen LogP contribution in [0.1, 0.15) is 54.0 Å². The van der Waals surface area contributed by atoms with E-state index in [0.29, 0.717) is 12.5 Å². The van der Waals surface area contributed by atoms with Crippen molar-refractivity contribution >= 4 is 23.4 Å². The van der Waals surface area contributed by atoms with Gasteiger partial charge in [0.05, 0.1) is 10.9 Å². The third-order valence-corrected chi connectivity index (χ3v) is 6.49. The van der Waals surface area contributed by atoms with Crippen molar-refractivity contribution in [2.75, 3.05) is 0 Å². The van der Waals surface area contributed by atoms with Crippen LogP contribution in [0.3, 0.4) is 0 Å². The quantitative estimate of drug-likeness (QED) is 0.518. The second-order valence-corrected chi connectivity index (χ2v) is 9.50. The molecule has 0 fully saturated rings. The highest BCUT2D eigenvalue weighted by atomic mass is 35.5. The Kier molecular flexibility index (Phi) is 7.08. The van der Waals surface area contributed by atoms with Crippen molar-refractivity contribution in [3.05, 3.63) is 76.2 Å². The number of fused-ring (bicyclic) bond motifs is 1. The molecule has 2 amide bonds. The summed E-state index contributed by atoms with van der Waals surface area (Å²) in [6.07, 6.45) is -3.08. The monoisotopic (exact) mass is 519 g/mol. The first-order valence-corrected chi connectivity index (χ1v) is 11.8. The number of hydrogen-bond acceptors (Lipinski definition) is 4. The van der Waals surface area contributed by atoms with Crippen LogP contribution in [-0.4, -0.2) is 38.7 Å². The molecule has 0 saturated carbocycles. The number of pyridine rings is 1. The van der Waals surface area contributed by atoms with Gasteiger partial charge < -0.3 is 10.6 Å². The van der Waals surface area contributed by atoms with Gasteiger partial charge in [-0.15, -0.1) is 0 Å². The standard InChI is InChI=1S/C25H25ClF3N5O2/c1-13(2)31-23(35)17-11-15-7-4-5-8-16(15)14(3)21(17)32-24(36)19-12-20(25(27,28)29)33-34(19)22-18(26)9-6-10-30-22/h4-10,12-14,17,21H,11H2,1-3H3,(H,31,35)(H,32,36)/t14?,17-,21+/m0/s1. The molecule has 190 valence electrons. The Morgan fingerprint density at radius 3 is 2.56 bits per heavy atom. The van der Waals surface area contributed by atoms with Crippen molar-refractivity contribution in [2.45, 2.75) is 51.4 Å². The summed E-state index contributed by atoms with van der Waals surface area (Å²) in [4.78, 5) is 30.6. The molecule has 2 N–H and O–H groups in total. The van der Waals surface area contributed by atoms with Crippen LogP contribution in [0.4, 0.5) is 13.2 Å². The molecule has 0 saturated heterocycles. The highest BCUT2D eigenvalue weighted by Crippen LogP contribution is 2.36. The lowest BCUT2D eigenvalue weighted by molar-refractivity contribution is -0.141. The highest BCUT2D eigenvalue weighted by Gasteiger charge is 2.41. The zero-order valence-electron chi connectivity index (χ0n) is 19.8. The van der Waals surface area contributed by atoms with Crippen molar-refractivity contribution < 1.29 is 22.8 Å². The average Bonchev–Trinajstić information content (AvgIpc) is 3.26. The molecular weight excluding hydrogens is 495 g/mol. The maximum absolute atomic E-state index is 13.5. The van der Waals surface area contributed by atoms with Crippen LogP contribution in [0.5, 0.6) is 0 Å². The molecule has 0 spiro atoms. The van der Waals surface area contributed by atoms with E-state index in [1.807, 2.05) is 45.0 Å². The zero-order chi connectivity index (χ0) is 26.2. The lowest BCUT2D eigenvalue weighted by atomic mass is 9.73. The summed E-state index contributed by atoms with van der Waals surface area (Å²) in [6.45, 7) is 5.55. The van der Waals surface area contributed by atoms with E-state index < -0.39 is 35.4 Å². The molecule has 0 bridgehead atoms. The average molecular weight is 520 g/mol. The summed E-state index contributed by atoms with van der Waals surface area (Å²) in [6, 6.07) is 10.4. The van der Waals surface area contributed by atoms with Crippen molar-refractivity contribution in [3.63, 3.8) is 0 Å². The van der Waals surface area contributed by atoms with E-state index in [1.54, 1.807) is 0 Å². The number of nitrogens with one attached hydrogen (secondary N) is 2. The van der Waals surface area contributed by atoms with Crippen LogP contribution < -0.4 is 10.6 Å².